The number of unbranched alkanes of at least 4 members (excludes halogenated alkanes) is 1. The van der Waals surface area contributed by atoms with Crippen molar-refractivity contribution in [2.45, 2.75) is 108 Å². The molecular formula is C28H50N8O11. The highest BCUT2D eigenvalue weighted by Crippen LogP contribution is 2.09. The van der Waals surface area contributed by atoms with Gasteiger partial charge in [0, 0.05) is 12.8 Å². The summed E-state index contributed by atoms with van der Waals surface area (Å²) in [5.74, 6) is -8.26. The molecule has 47 heavy (non-hydrogen) atoms. The molecule has 0 aliphatic rings. The largest absolute Gasteiger partial charge is 0.481 e. The molecule has 0 aromatic rings. The number of nitrogens with two attached hydrogens (primary N) is 3. The van der Waals surface area contributed by atoms with E-state index in [1.54, 1.807) is 13.8 Å². The van der Waals surface area contributed by atoms with Gasteiger partial charge in [-0.1, -0.05) is 20.3 Å². The summed E-state index contributed by atoms with van der Waals surface area (Å²) in [4.78, 5) is 98.2. The second-order valence-corrected chi connectivity index (χ2v) is 11.1. The van der Waals surface area contributed by atoms with Crippen LogP contribution in [0.4, 0.5) is 0 Å². The Morgan fingerprint density at radius 1 is 0.681 bits per heavy atom. The van der Waals surface area contributed by atoms with E-state index in [2.05, 4.69) is 26.6 Å². The lowest BCUT2D eigenvalue weighted by Crippen LogP contribution is -2.59. The fraction of sp³-hybridized carbons (Fsp3) is 0.714. The highest BCUT2D eigenvalue weighted by atomic mass is 16.4. The van der Waals surface area contributed by atoms with Gasteiger partial charge in [-0.25, -0.2) is 4.79 Å². The van der Waals surface area contributed by atoms with Crippen molar-refractivity contribution >= 4 is 47.4 Å². The summed E-state index contributed by atoms with van der Waals surface area (Å²) in [5.41, 5.74) is 16.4. The Morgan fingerprint density at radius 3 is 1.72 bits per heavy atom. The van der Waals surface area contributed by atoms with E-state index in [9.17, 15) is 53.7 Å². The van der Waals surface area contributed by atoms with E-state index < -0.39 is 109 Å². The van der Waals surface area contributed by atoms with E-state index in [-0.39, 0.29) is 19.3 Å². The number of carboxylic acids is 2. The van der Waals surface area contributed by atoms with Gasteiger partial charge in [0.05, 0.1) is 12.6 Å². The lowest BCUT2D eigenvalue weighted by atomic mass is 9.99. The number of nitrogens with one attached hydrogen (secondary N) is 5. The fourth-order valence-corrected chi connectivity index (χ4v) is 4.09. The van der Waals surface area contributed by atoms with Gasteiger partial charge in [-0.3, -0.25) is 33.6 Å². The van der Waals surface area contributed by atoms with E-state index in [4.69, 9.17) is 17.2 Å². The van der Waals surface area contributed by atoms with Crippen LogP contribution in [0.15, 0.2) is 0 Å². The van der Waals surface area contributed by atoms with Crippen molar-refractivity contribution < 1.29 is 53.7 Å². The van der Waals surface area contributed by atoms with Gasteiger partial charge in [0.25, 0.3) is 0 Å². The molecule has 0 rings (SSSR count). The molecule has 7 atom stereocenters. The van der Waals surface area contributed by atoms with Crippen LogP contribution in [0, 0.1) is 5.92 Å². The van der Waals surface area contributed by atoms with Crippen molar-refractivity contribution in [3.63, 3.8) is 0 Å². The van der Waals surface area contributed by atoms with E-state index in [1.807, 2.05) is 0 Å². The Balaban J connectivity index is 5.70. The Morgan fingerprint density at radius 2 is 1.21 bits per heavy atom. The number of aliphatic hydroxyl groups excluding tert-OH is 1. The number of carbonyl (C=O) groups excluding carboxylic acids is 6. The van der Waals surface area contributed by atoms with Crippen LogP contribution in [0.25, 0.3) is 0 Å². The quantitative estimate of drug-likeness (QED) is 0.0437. The maximum atomic E-state index is 13.2. The average molecular weight is 675 g/mol. The molecule has 268 valence electrons. The molecule has 0 bridgehead atoms. The molecule has 0 aromatic carbocycles. The third kappa shape index (κ3) is 16.7. The van der Waals surface area contributed by atoms with Crippen molar-refractivity contribution in [3.8, 4) is 0 Å². The number of amides is 6. The third-order valence-corrected chi connectivity index (χ3v) is 7.24. The Hall–Kier alpha value is -4.36. The monoisotopic (exact) mass is 674 g/mol. The number of primary amides is 1. The van der Waals surface area contributed by atoms with Gasteiger partial charge < -0.3 is 59.1 Å². The number of carboxylic acid groups (broad SMARTS) is 2. The highest BCUT2D eigenvalue weighted by Gasteiger charge is 2.32. The zero-order valence-electron chi connectivity index (χ0n) is 27.0. The van der Waals surface area contributed by atoms with Crippen molar-refractivity contribution in [2.24, 2.45) is 23.1 Å². The highest BCUT2D eigenvalue weighted by molar-refractivity contribution is 5.96. The number of carbonyl (C=O) groups is 8. The Kier molecular flexibility index (Phi) is 20.2. The van der Waals surface area contributed by atoms with Crippen molar-refractivity contribution in [2.75, 3.05) is 13.2 Å². The Labute approximate surface area is 272 Å². The lowest BCUT2D eigenvalue weighted by molar-refractivity contribution is -0.144. The number of rotatable bonds is 24. The first kappa shape index (κ1) is 42.6. The van der Waals surface area contributed by atoms with Crippen molar-refractivity contribution in [1.82, 2.24) is 26.6 Å². The molecular weight excluding hydrogens is 624 g/mol. The minimum atomic E-state index is -1.57. The summed E-state index contributed by atoms with van der Waals surface area (Å²) in [6.07, 6.45) is 0.148. The van der Waals surface area contributed by atoms with Crippen LogP contribution >= 0.6 is 0 Å². The maximum Gasteiger partial charge on any atom is 0.326 e. The van der Waals surface area contributed by atoms with Crippen LogP contribution in [0.2, 0.25) is 0 Å². The predicted octanol–water partition coefficient (Wildman–Crippen LogP) is -3.86. The molecule has 0 saturated carbocycles. The second kappa shape index (κ2) is 22.2. The molecule has 19 nitrogen and oxygen atoms in total. The molecule has 0 aliphatic heterocycles. The number of hydrogen-bond donors (Lipinski definition) is 11. The topological polar surface area (TPSA) is 335 Å². The Bertz CT molecular complexity index is 1110. The minimum Gasteiger partial charge on any atom is -0.481 e. The normalized spacial score (nSPS) is 15.4. The average Bonchev–Trinajstić information content (AvgIpc) is 3.01. The number of aliphatic carboxylic acids is 2. The van der Waals surface area contributed by atoms with Gasteiger partial charge in [-0.2, -0.15) is 0 Å². The summed E-state index contributed by atoms with van der Waals surface area (Å²) >= 11 is 0. The molecule has 0 heterocycles. The molecule has 0 unspecified atom stereocenters. The van der Waals surface area contributed by atoms with Crippen LogP contribution < -0.4 is 43.8 Å². The second-order valence-electron chi connectivity index (χ2n) is 11.1. The van der Waals surface area contributed by atoms with Gasteiger partial charge in [-0.05, 0) is 51.5 Å². The summed E-state index contributed by atoms with van der Waals surface area (Å²) < 4.78 is 0. The summed E-state index contributed by atoms with van der Waals surface area (Å²) in [6, 6.07) is -8.11. The molecule has 0 aliphatic carbocycles. The summed E-state index contributed by atoms with van der Waals surface area (Å²) in [5, 5.41) is 39.9. The zero-order valence-corrected chi connectivity index (χ0v) is 27.0. The van der Waals surface area contributed by atoms with Gasteiger partial charge in [-0.15, -0.1) is 0 Å². The number of hydrogen-bond acceptors (Lipinski definition) is 11. The van der Waals surface area contributed by atoms with Crippen molar-refractivity contribution in [3.05, 3.63) is 0 Å². The fourth-order valence-electron chi connectivity index (χ4n) is 4.09. The van der Waals surface area contributed by atoms with Crippen LogP contribution in [0.1, 0.15) is 72.1 Å². The summed E-state index contributed by atoms with van der Waals surface area (Å²) in [7, 11) is 0. The van der Waals surface area contributed by atoms with E-state index in [0.29, 0.717) is 25.8 Å². The first-order valence-electron chi connectivity index (χ1n) is 15.3. The third-order valence-electron chi connectivity index (χ3n) is 7.24. The standard InChI is InChI=1S/C28H50N8O11/c1-4-14(2)22(28(46)47)36-27(45)19(13-37)35-23(41)15(3)32-25(43)18(9-11-21(39)40)34-26(44)17(7-5-6-12-29)33-24(42)16(30)8-10-20(31)38/h14-19,22,37H,4-13,29-30H2,1-3H3,(H2,31,38)(H,32,43)(H,33,42)(H,34,44)(H,35,41)(H,36,45)(H,39,40)(H,46,47)/t14-,15-,16-,17-,18-,19-,22-/m0/s1. The molecule has 6 amide bonds. The predicted molar refractivity (Wildman–Crippen MR) is 166 cm³/mol. The van der Waals surface area contributed by atoms with Gasteiger partial charge in [0.15, 0.2) is 0 Å². The van der Waals surface area contributed by atoms with Crippen LogP contribution in [0.5, 0.6) is 0 Å². The summed E-state index contributed by atoms with van der Waals surface area (Å²) in [6.45, 7) is 3.93. The molecule has 0 aromatic heterocycles. The minimum absolute atomic E-state index is 0.0772. The molecule has 0 fully saturated rings. The first-order valence-corrected chi connectivity index (χ1v) is 15.3. The van der Waals surface area contributed by atoms with Gasteiger partial charge in [0.2, 0.25) is 35.4 Å². The van der Waals surface area contributed by atoms with E-state index in [1.165, 1.54) is 6.92 Å². The molecule has 0 spiro atoms. The maximum absolute atomic E-state index is 13.2. The molecule has 0 radical (unpaired) electrons. The van der Waals surface area contributed by atoms with E-state index in [0.717, 1.165) is 0 Å². The molecule has 14 N–H and O–H groups in total. The SMILES string of the molecule is CC[C@H](C)[C@H](NC(=O)[C@H](CO)NC(=O)[C@H](C)NC(=O)[C@H](CCC(=O)O)NC(=O)[C@H](CCCCN)NC(=O)[C@@H](N)CCC(N)=O)C(=O)O. The van der Waals surface area contributed by atoms with Crippen LogP contribution in [0.3, 0.4) is 0 Å². The van der Waals surface area contributed by atoms with Gasteiger partial charge in [0.1, 0.15) is 30.2 Å². The number of aliphatic hydroxyl groups is 1. The lowest BCUT2D eigenvalue weighted by Gasteiger charge is -2.26. The molecule has 19 heteroatoms. The van der Waals surface area contributed by atoms with Gasteiger partial charge >= 0.3 is 11.9 Å². The molecule has 0 saturated heterocycles. The zero-order chi connectivity index (χ0) is 36.3. The van der Waals surface area contributed by atoms with Crippen LogP contribution in [-0.2, 0) is 38.4 Å². The van der Waals surface area contributed by atoms with E-state index >= 15 is 0 Å². The van der Waals surface area contributed by atoms with Crippen molar-refractivity contribution in [1.29, 1.82) is 0 Å². The van der Waals surface area contributed by atoms with Crippen LogP contribution in [-0.4, -0.2) is 112 Å². The smallest absolute Gasteiger partial charge is 0.326 e. The first-order chi connectivity index (χ1) is 22.0.